The van der Waals surface area contributed by atoms with Crippen LogP contribution in [0.2, 0.25) is 0 Å². The summed E-state index contributed by atoms with van der Waals surface area (Å²) < 4.78 is 22.3. The maximum Gasteiger partial charge on any atom is 0.0598 e. The second-order valence-corrected chi connectivity index (χ2v) is 7.21. The summed E-state index contributed by atoms with van der Waals surface area (Å²) in [6.07, 6.45) is 2.84. The van der Waals surface area contributed by atoms with Crippen molar-refractivity contribution < 1.29 is 18.9 Å². The van der Waals surface area contributed by atoms with Crippen molar-refractivity contribution >= 4 is 0 Å². The maximum atomic E-state index is 5.62. The Morgan fingerprint density at radius 2 is 0.762 bits per heavy atom. The van der Waals surface area contributed by atoms with Crippen LogP contribution in [-0.2, 0) is 18.9 Å². The van der Waals surface area contributed by atoms with Crippen LogP contribution in [0, 0.1) is 0 Å². The fraction of sp³-hybridized carbons (Fsp3) is 1.00. The van der Waals surface area contributed by atoms with Gasteiger partial charge in [-0.1, -0.05) is 0 Å². The predicted octanol–water partition coefficient (Wildman–Crippen LogP) is 3.82. The Morgan fingerprint density at radius 3 is 1.05 bits per heavy atom. The van der Waals surface area contributed by atoms with Gasteiger partial charge >= 0.3 is 0 Å². The lowest BCUT2D eigenvalue weighted by Gasteiger charge is -2.19. The maximum absolute atomic E-state index is 5.62. The number of rotatable bonds is 12. The first kappa shape index (κ1) is 20.8. The Labute approximate surface area is 131 Å². The van der Waals surface area contributed by atoms with Crippen LogP contribution in [0.15, 0.2) is 0 Å². The molecule has 0 rings (SSSR count). The number of hydrogen-bond donors (Lipinski definition) is 0. The molecule has 0 aliphatic heterocycles. The van der Waals surface area contributed by atoms with Crippen molar-refractivity contribution in [3.05, 3.63) is 0 Å². The van der Waals surface area contributed by atoms with E-state index in [4.69, 9.17) is 18.9 Å². The van der Waals surface area contributed by atoms with Crippen LogP contribution in [0.1, 0.15) is 60.8 Å². The normalized spacial score (nSPS) is 12.9. The molecule has 0 aromatic carbocycles. The molecule has 0 aliphatic carbocycles. The lowest BCUT2D eigenvalue weighted by Crippen LogP contribution is -2.20. The molecule has 0 fully saturated rings. The third kappa shape index (κ3) is 19.8. The van der Waals surface area contributed by atoms with E-state index < -0.39 is 0 Å². The molecule has 21 heavy (non-hydrogen) atoms. The first-order valence-corrected chi connectivity index (χ1v) is 8.14. The smallest absolute Gasteiger partial charge is 0.0598 e. The van der Waals surface area contributed by atoms with E-state index in [0.717, 1.165) is 58.9 Å². The SMILES string of the molecule is CC(C)(C)OCCCOCCCOCCCOC(C)(C)C. The molecule has 4 heteroatoms. The zero-order valence-electron chi connectivity index (χ0n) is 15.0. The summed E-state index contributed by atoms with van der Waals surface area (Å²) in [6, 6.07) is 0. The molecule has 0 heterocycles. The van der Waals surface area contributed by atoms with E-state index in [2.05, 4.69) is 41.5 Å². The molecule has 0 aromatic rings. The van der Waals surface area contributed by atoms with Crippen molar-refractivity contribution in [2.24, 2.45) is 0 Å². The molecule has 128 valence electrons. The lowest BCUT2D eigenvalue weighted by atomic mass is 10.2. The third-order valence-electron chi connectivity index (χ3n) is 2.51. The molecule has 0 spiro atoms. The Balaban J connectivity index is 3.10. The highest BCUT2D eigenvalue weighted by Gasteiger charge is 2.09. The Bertz CT molecular complexity index is 204. The van der Waals surface area contributed by atoms with E-state index in [-0.39, 0.29) is 11.2 Å². The molecule has 0 unspecified atom stereocenters. The van der Waals surface area contributed by atoms with Crippen molar-refractivity contribution in [2.45, 2.75) is 72.0 Å². The largest absolute Gasteiger partial charge is 0.381 e. The molecule has 0 amide bonds. The monoisotopic (exact) mass is 304 g/mol. The van der Waals surface area contributed by atoms with Crippen LogP contribution in [0.5, 0.6) is 0 Å². The molecule has 0 N–H and O–H groups in total. The fourth-order valence-electron chi connectivity index (χ4n) is 1.55. The van der Waals surface area contributed by atoms with Gasteiger partial charge in [0.15, 0.2) is 0 Å². The lowest BCUT2D eigenvalue weighted by molar-refractivity contribution is -0.0179. The van der Waals surface area contributed by atoms with Gasteiger partial charge in [-0.3, -0.25) is 0 Å². The average molecular weight is 304 g/mol. The van der Waals surface area contributed by atoms with Gasteiger partial charge < -0.3 is 18.9 Å². The summed E-state index contributed by atoms with van der Waals surface area (Å²) in [4.78, 5) is 0. The summed E-state index contributed by atoms with van der Waals surface area (Å²) in [6.45, 7) is 17.0. The second kappa shape index (κ2) is 11.4. The van der Waals surface area contributed by atoms with Gasteiger partial charge in [-0.25, -0.2) is 0 Å². The van der Waals surface area contributed by atoms with E-state index in [1.165, 1.54) is 0 Å². The van der Waals surface area contributed by atoms with E-state index >= 15 is 0 Å². The molecule has 0 aliphatic rings. The van der Waals surface area contributed by atoms with Gasteiger partial charge in [0.1, 0.15) is 0 Å². The minimum absolute atomic E-state index is 0.0510. The highest BCUT2D eigenvalue weighted by Crippen LogP contribution is 2.07. The van der Waals surface area contributed by atoms with Gasteiger partial charge in [-0.05, 0) is 60.8 Å². The minimum atomic E-state index is -0.0510. The van der Waals surface area contributed by atoms with Crippen molar-refractivity contribution in [1.29, 1.82) is 0 Å². The van der Waals surface area contributed by atoms with Crippen molar-refractivity contribution in [3.63, 3.8) is 0 Å². The zero-order valence-corrected chi connectivity index (χ0v) is 15.0. The first-order chi connectivity index (χ1) is 9.71. The molecular weight excluding hydrogens is 268 g/mol. The summed E-state index contributed by atoms with van der Waals surface area (Å²) in [5, 5.41) is 0. The van der Waals surface area contributed by atoms with Gasteiger partial charge in [0.25, 0.3) is 0 Å². The van der Waals surface area contributed by atoms with Gasteiger partial charge in [-0.2, -0.15) is 0 Å². The van der Waals surface area contributed by atoms with Gasteiger partial charge in [0.2, 0.25) is 0 Å². The average Bonchev–Trinajstić information content (AvgIpc) is 2.32. The number of hydrogen-bond acceptors (Lipinski definition) is 4. The van der Waals surface area contributed by atoms with Crippen LogP contribution in [-0.4, -0.2) is 50.8 Å². The van der Waals surface area contributed by atoms with Crippen molar-refractivity contribution in [2.75, 3.05) is 39.6 Å². The molecule has 0 atom stereocenters. The molecule has 0 bridgehead atoms. The summed E-state index contributed by atoms with van der Waals surface area (Å²) >= 11 is 0. The number of ether oxygens (including phenoxy) is 4. The minimum Gasteiger partial charge on any atom is -0.381 e. The Morgan fingerprint density at radius 1 is 0.476 bits per heavy atom. The summed E-state index contributed by atoms with van der Waals surface area (Å²) in [5.41, 5.74) is -0.102. The molecular formula is C17H36O4. The van der Waals surface area contributed by atoms with Crippen LogP contribution >= 0.6 is 0 Å². The second-order valence-electron chi connectivity index (χ2n) is 7.21. The Kier molecular flexibility index (Phi) is 11.3. The zero-order chi connectivity index (χ0) is 16.2. The van der Waals surface area contributed by atoms with Crippen molar-refractivity contribution in [1.82, 2.24) is 0 Å². The molecule has 4 nitrogen and oxygen atoms in total. The fourth-order valence-corrected chi connectivity index (χ4v) is 1.55. The highest BCUT2D eigenvalue weighted by molar-refractivity contribution is 4.58. The topological polar surface area (TPSA) is 36.9 Å². The first-order valence-electron chi connectivity index (χ1n) is 8.14. The van der Waals surface area contributed by atoms with Gasteiger partial charge in [0, 0.05) is 39.6 Å². The van der Waals surface area contributed by atoms with Gasteiger partial charge in [-0.15, -0.1) is 0 Å². The van der Waals surface area contributed by atoms with Gasteiger partial charge in [0.05, 0.1) is 11.2 Å². The van der Waals surface area contributed by atoms with E-state index in [1.807, 2.05) is 0 Å². The Hall–Kier alpha value is -0.160. The summed E-state index contributed by atoms with van der Waals surface area (Å²) in [5.74, 6) is 0. The standard InChI is InChI=1S/C17H36O4/c1-16(2,3)20-14-8-12-18-10-7-11-19-13-9-15-21-17(4,5)6/h7-15H2,1-6H3. The predicted molar refractivity (Wildman–Crippen MR) is 86.9 cm³/mol. The third-order valence-corrected chi connectivity index (χ3v) is 2.51. The molecule has 0 aromatic heterocycles. The quantitative estimate of drug-likeness (QED) is 0.514. The van der Waals surface area contributed by atoms with Crippen LogP contribution in [0.4, 0.5) is 0 Å². The molecule has 0 saturated heterocycles. The van der Waals surface area contributed by atoms with E-state index in [1.54, 1.807) is 0 Å². The van der Waals surface area contributed by atoms with Crippen molar-refractivity contribution in [3.8, 4) is 0 Å². The van der Waals surface area contributed by atoms with E-state index in [0.29, 0.717) is 0 Å². The van der Waals surface area contributed by atoms with Crippen LogP contribution in [0.25, 0.3) is 0 Å². The molecule has 0 saturated carbocycles. The molecule has 0 radical (unpaired) electrons. The highest BCUT2D eigenvalue weighted by atomic mass is 16.5. The van der Waals surface area contributed by atoms with E-state index in [9.17, 15) is 0 Å². The van der Waals surface area contributed by atoms with Crippen LogP contribution < -0.4 is 0 Å². The van der Waals surface area contributed by atoms with Crippen LogP contribution in [0.3, 0.4) is 0 Å². The summed E-state index contributed by atoms with van der Waals surface area (Å²) in [7, 11) is 0.